The highest BCUT2D eigenvalue weighted by Gasteiger charge is 2.30. The Hall–Kier alpha value is -4.16. The number of carbonyl (C=O) groups is 3. The highest BCUT2D eigenvalue weighted by Crippen LogP contribution is 2.40. The molecule has 2 N–H and O–H groups in total. The van der Waals surface area contributed by atoms with E-state index >= 15 is 0 Å². The van der Waals surface area contributed by atoms with E-state index < -0.39 is 11.2 Å². The van der Waals surface area contributed by atoms with Gasteiger partial charge in [-0.2, -0.15) is 0 Å². The number of ether oxygens (including phenoxy) is 2. The molecular formula is C33H37N5O5S2. The molecule has 45 heavy (non-hydrogen) atoms. The van der Waals surface area contributed by atoms with Gasteiger partial charge in [-0.05, 0) is 68.4 Å². The molecule has 0 radical (unpaired) electrons. The second kappa shape index (κ2) is 15.2. The van der Waals surface area contributed by atoms with Gasteiger partial charge < -0.3 is 24.7 Å². The first kappa shape index (κ1) is 32.2. The fourth-order valence-electron chi connectivity index (χ4n) is 5.15. The van der Waals surface area contributed by atoms with Gasteiger partial charge >= 0.3 is 5.97 Å². The molecule has 4 aromatic rings. The van der Waals surface area contributed by atoms with E-state index in [2.05, 4.69) is 33.0 Å². The summed E-state index contributed by atoms with van der Waals surface area (Å²) in [7, 11) is 1.60. The van der Waals surface area contributed by atoms with Crippen LogP contribution in [0, 0.1) is 0 Å². The van der Waals surface area contributed by atoms with Gasteiger partial charge in [-0.25, -0.2) is 4.79 Å². The number of esters is 1. The number of thioether (sulfide) groups is 1. The van der Waals surface area contributed by atoms with Gasteiger partial charge in [-0.15, -0.1) is 21.5 Å². The Kier molecular flexibility index (Phi) is 10.9. The van der Waals surface area contributed by atoms with Gasteiger partial charge in [0.2, 0.25) is 11.8 Å². The van der Waals surface area contributed by atoms with Crippen LogP contribution in [0.3, 0.4) is 0 Å². The Morgan fingerprint density at radius 1 is 1.04 bits per heavy atom. The first-order valence-electron chi connectivity index (χ1n) is 15.0. The first-order chi connectivity index (χ1) is 21.9. The molecule has 0 aliphatic heterocycles. The van der Waals surface area contributed by atoms with Gasteiger partial charge in [0.25, 0.3) is 0 Å². The van der Waals surface area contributed by atoms with Crippen molar-refractivity contribution in [1.29, 1.82) is 0 Å². The summed E-state index contributed by atoms with van der Waals surface area (Å²) >= 11 is 2.75. The molecule has 236 valence electrons. The topological polar surface area (TPSA) is 124 Å². The molecule has 2 amide bonds. The summed E-state index contributed by atoms with van der Waals surface area (Å²) in [6, 6.07) is 17.5. The number of anilines is 1. The molecule has 0 bridgehead atoms. The summed E-state index contributed by atoms with van der Waals surface area (Å²) < 4.78 is 12.5. The van der Waals surface area contributed by atoms with Gasteiger partial charge in [0.1, 0.15) is 10.8 Å². The van der Waals surface area contributed by atoms with Crippen molar-refractivity contribution >= 4 is 45.9 Å². The second-order valence-corrected chi connectivity index (χ2v) is 13.0. The third-order valence-electron chi connectivity index (χ3n) is 7.52. The van der Waals surface area contributed by atoms with Crippen LogP contribution in [-0.4, -0.2) is 51.5 Å². The smallest absolute Gasteiger partial charge is 0.341 e. The summed E-state index contributed by atoms with van der Waals surface area (Å²) in [6.45, 7) is 4.61. The van der Waals surface area contributed by atoms with Crippen LogP contribution in [0.15, 0.2) is 59.8 Å². The lowest BCUT2D eigenvalue weighted by atomic mass is 10.1. The predicted molar refractivity (Wildman–Crippen MR) is 175 cm³/mol. The summed E-state index contributed by atoms with van der Waals surface area (Å²) in [5, 5.41) is 15.3. The molecule has 1 aliphatic carbocycles. The summed E-state index contributed by atoms with van der Waals surface area (Å²) in [6.07, 6.45) is 3.65. The van der Waals surface area contributed by atoms with Crippen molar-refractivity contribution in [2.75, 3.05) is 19.0 Å². The highest BCUT2D eigenvalue weighted by atomic mass is 32.2. The van der Waals surface area contributed by atoms with Gasteiger partial charge in [0.05, 0.1) is 37.5 Å². The van der Waals surface area contributed by atoms with Gasteiger partial charge in [-0.3, -0.25) is 9.59 Å². The zero-order valence-corrected chi connectivity index (χ0v) is 27.3. The maximum Gasteiger partial charge on any atom is 0.341 e. The van der Waals surface area contributed by atoms with E-state index in [0.717, 1.165) is 53.0 Å². The number of thiophene rings is 1. The lowest BCUT2D eigenvalue weighted by molar-refractivity contribution is -0.120. The number of benzene rings is 2. The fourth-order valence-corrected chi connectivity index (χ4v) is 7.33. The van der Waals surface area contributed by atoms with Crippen LogP contribution in [0.2, 0.25) is 0 Å². The molecule has 5 rings (SSSR count). The lowest BCUT2D eigenvalue weighted by Gasteiger charge is -2.14. The van der Waals surface area contributed by atoms with E-state index in [9.17, 15) is 14.4 Å². The number of amides is 2. The van der Waals surface area contributed by atoms with Crippen molar-refractivity contribution in [3.05, 3.63) is 87.6 Å². The summed E-state index contributed by atoms with van der Waals surface area (Å²) in [5.74, 6) is 0.560. The number of nitrogens with one attached hydrogen (secondary N) is 2. The van der Waals surface area contributed by atoms with Crippen LogP contribution in [0.5, 0.6) is 5.75 Å². The average molecular weight is 648 g/mol. The van der Waals surface area contributed by atoms with Crippen molar-refractivity contribution in [2.24, 2.45) is 0 Å². The van der Waals surface area contributed by atoms with Crippen molar-refractivity contribution < 1.29 is 23.9 Å². The summed E-state index contributed by atoms with van der Waals surface area (Å²) in [4.78, 5) is 40.1. The molecule has 0 saturated carbocycles. The number of aryl methyl sites for hydroxylation is 2. The Bertz CT molecular complexity index is 1640. The maximum atomic E-state index is 13.4. The standard InChI is InChI=1S/C33H37N5O5S2/c1-4-43-32(41)29-25-11-8-12-26(25)45-31(29)35-30(40)21(2)44-33-37-36-27(38(33)18-17-22-9-6-5-7-10-22)20-34-28(39)19-23-13-15-24(42-3)16-14-23/h5-7,9-10,13-16,21H,4,8,11-12,17-20H2,1-3H3,(H,34,39)(H,35,40)/t21-/m0/s1. The van der Waals surface area contributed by atoms with Crippen LogP contribution in [0.1, 0.15) is 58.0 Å². The minimum absolute atomic E-state index is 0.139. The van der Waals surface area contributed by atoms with Crippen LogP contribution in [-0.2, 0) is 53.1 Å². The van der Waals surface area contributed by atoms with Crippen LogP contribution >= 0.6 is 23.1 Å². The second-order valence-electron chi connectivity index (χ2n) is 10.6. The van der Waals surface area contributed by atoms with Crippen molar-refractivity contribution in [3.63, 3.8) is 0 Å². The van der Waals surface area contributed by atoms with Crippen LogP contribution < -0.4 is 15.4 Å². The molecule has 12 heteroatoms. The molecule has 2 aromatic heterocycles. The van der Waals surface area contributed by atoms with E-state index in [4.69, 9.17) is 9.47 Å². The molecule has 1 atom stereocenters. The number of fused-ring (bicyclic) bond motifs is 1. The fraction of sp³-hybridized carbons (Fsp3) is 0.364. The number of rotatable bonds is 14. The zero-order chi connectivity index (χ0) is 31.8. The third kappa shape index (κ3) is 8.12. The number of methoxy groups -OCH3 is 1. The molecule has 0 fully saturated rings. The largest absolute Gasteiger partial charge is 0.497 e. The van der Waals surface area contributed by atoms with Crippen LogP contribution in [0.25, 0.3) is 0 Å². The molecule has 0 spiro atoms. The van der Waals surface area contributed by atoms with Gasteiger partial charge in [0.15, 0.2) is 11.0 Å². The van der Waals surface area contributed by atoms with E-state index in [1.54, 1.807) is 21.0 Å². The quantitative estimate of drug-likeness (QED) is 0.141. The first-order valence-corrected chi connectivity index (χ1v) is 16.7. The molecule has 1 aliphatic rings. The minimum Gasteiger partial charge on any atom is -0.497 e. The van der Waals surface area contributed by atoms with Crippen LogP contribution in [0.4, 0.5) is 5.00 Å². The lowest BCUT2D eigenvalue weighted by Crippen LogP contribution is -2.27. The Balaban J connectivity index is 1.28. The number of carbonyl (C=O) groups excluding carboxylic acids is 3. The number of hydrogen-bond donors (Lipinski definition) is 2. The Morgan fingerprint density at radius 3 is 2.56 bits per heavy atom. The third-order valence-corrected chi connectivity index (χ3v) is 9.80. The molecule has 2 heterocycles. The number of hydrogen-bond acceptors (Lipinski definition) is 9. The molecule has 0 unspecified atom stereocenters. The molecule has 0 saturated heterocycles. The predicted octanol–water partition coefficient (Wildman–Crippen LogP) is 5.23. The molecule has 2 aromatic carbocycles. The maximum absolute atomic E-state index is 13.4. The van der Waals surface area contributed by atoms with Crippen molar-refractivity contribution in [2.45, 2.75) is 69.4 Å². The number of nitrogens with zero attached hydrogens (tertiary/aromatic N) is 3. The van der Waals surface area contributed by atoms with E-state index in [1.807, 2.05) is 47.0 Å². The normalized spacial score (nSPS) is 12.8. The highest BCUT2D eigenvalue weighted by molar-refractivity contribution is 8.00. The van der Waals surface area contributed by atoms with Gasteiger partial charge in [0, 0.05) is 11.4 Å². The average Bonchev–Trinajstić information content (AvgIpc) is 3.74. The SMILES string of the molecule is CCOC(=O)c1c(NC(=O)[C@H](C)Sc2nnc(CNC(=O)Cc3ccc(OC)cc3)n2CCc2ccccc2)sc2c1CCC2. The Morgan fingerprint density at radius 2 is 1.82 bits per heavy atom. The van der Waals surface area contributed by atoms with Crippen molar-refractivity contribution in [1.82, 2.24) is 20.1 Å². The van der Waals surface area contributed by atoms with E-state index in [0.29, 0.717) is 28.1 Å². The monoisotopic (exact) mass is 647 g/mol. The van der Waals surface area contributed by atoms with E-state index in [-0.39, 0.29) is 31.4 Å². The van der Waals surface area contributed by atoms with Gasteiger partial charge in [-0.1, -0.05) is 54.2 Å². The molecule has 10 nitrogen and oxygen atoms in total. The minimum atomic E-state index is -0.533. The summed E-state index contributed by atoms with van der Waals surface area (Å²) in [5.41, 5.74) is 3.50. The molecular weight excluding hydrogens is 611 g/mol. The van der Waals surface area contributed by atoms with Crippen molar-refractivity contribution in [3.8, 4) is 5.75 Å². The zero-order valence-electron chi connectivity index (χ0n) is 25.6. The van der Waals surface area contributed by atoms with E-state index in [1.165, 1.54) is 23.1 Å². The Labute approximate surface area is 270 Å². The number of aromatic nitrogens is 3.